The minimum absolute atomic E-state index is 0.00105. The van der Waals surface area contributed by atoms with Gasteiger partial charge in [0.05, 0.1) is 10.9 Å². The van der Waals surface area contributed by atoms with E-state index in [0.29, 0.717) is 22.9 Å². The van der Waals surface area contributed by atoms with Gasteiger partial charge in [-0.15, -0.1) is 11.8 Å². The predicted molar refractivity (Wildman–Crippen MR) is 91.7 cm³/mol. The molecule has 2 N–H and O–H groups in total. The molecule has 0 aromatic heterocycles. The Balaban J connectivity index is 1.39. The quantitative estimate of drug-likeness (QED) is 0.855. The van der Waals surface area contributed by atoms with Crippen LogP contribution in [0.25, 0.3) is 0 Å². The van der Waals surface area contributed by atoms with Crippen LogP contribution in [0.1, 0.15) is 32.1 Å². The van der Waals surface area contributed by atoms with Gasteiger partial charge in [0, 0.05) is 22.4 Å². The van der Waals surface area contributed by atoms with E-state index in [1.165, 1.54) is 37.4 Å². The van der Waals surface area contributed by atoms with E-state index in [2.05, 4.69) is 10.6 Å². The molecule has 4 rings (SSSR count). The van der Waals surface area contributed by atoms with Crippen LogP contribution < -0.4 is 10.6 Å². The fourth-order valence-electron chi connectivity index (χ4n) is 3.20. The summed E-state index contributed by atoms with van der Waals surface area (Å²) in [6.07, 6.45) is 5.15. The van der Waals surface area contributed by atoms with Crippen LogP contribution in [0.15, 0.2) is 23.1 Å². The first-order valence-electron chi connectivity index (χ1n) is 8.16. The number of amides is 2. The Labute approximate surface area is 144 Å². The molecule has 0 radical (unpaired) electrons. The molecule has 0 bridgehead atoms. The molecule has 1 aromatic carbocycles. The van der Waals surface area contributed by atoms with Crippen LogP contribution >= 0.6 is 23.4 Å². The van der Waals surface area contributed by atoms with Gasteiger partial charge in [-0.1, -0.05) is 11.6 Å². The van der Waals surface area contributed by atoms with E-state index >= 15 is 0 Å². The highest BCUT2D eigenvalue weighted by Gasteiger charge is 2.42. The van der Waals surface area contributed by atoms with Crippen molar-refractivity contribution in [2.24, 2.45) is 11.8 Å². The Hall–Kier alpha value is -1.20. The predicted octanol–water partition coefficient (Wildman–Crippen LogP) is 3.45. The minimum Gasteiger partial charge on any atom is -0.353 e. The third-order valence-electron chi connectivity index (χ3n) is 4.72. The van der Waals surface area contributed by atoms with Gasteiger partial charge < -0.3 is 10.6 Å². The molecule has 2 fully saturated rings. The van der Waals surface area contributed by atoms with Gasteiger partial charge in [-0.3, -0.25) is 9.59 Å². The third kappa shape index (κ3) is 3.50. The summed E-state index contributed by atoms with van der Waals surface area (Å²) in [5.74, 6) is 1.22. The molecule has 3 aliphatic rings. The van der Waals surface area contributed by atoms with Gasteiger partial charge in [0.25, 0.3) is 0 Å². The molecule has 4 nitrogen and oxygen atoms in total. The molecular weight excluding hydrogens is 332 g/mol. The van der Waals surface area contributed by atoms with Gasteiger partial charge >= 0.3 is 0 Å². The molecule has 1 atom stereocenters. The topological polar surface area (TPSA) is 58.2 Å². The summed E-state index contributed by atoms with van der Waals surface area (Å²) in [7, 11) is 0. The largest absolute Gasteiger partial charge is 0.353 e. The number of halogens is 1. The van der Waals surface area contributed by atoms with E-state index in [0.717, 1.165) is 10.6 Å². The summed E-state index contributed by atoms with van der Waals surface area (Å²) < 4.78 is 0. The molecule has 2 amide bonds. The molecule has 2 saturated carbocycles. The van der Waals surface area contributed by atoms with Crippen LogP contribution in [0.2, 0.25) is 5.02 Å². The zero-order valence-corrected chi connectivity index (χ0v) is 14.3. The van der Waals surface area contributed by atoms with E-state index in [9.17, 15) is 9.59 Å². The van der Waals surface area contributed by atoms with Crippen LogP contribution in [0.3, 0.4) is 0 Å². The Morgan fingerprint density at radius 1 is 1.30 bits per heavy atom. The first-order valence-corrected chi connectivity index (χ1v) is 9.42. The number of carbonyl (C=O) groups excluding carboxylic acids is 2. The maximum atomic E-state index is 12.4. The number of thioether (sulfide) groups is 1. The van der Waals surface area contributed by atoms with Gasteiger partial charge in [-0.25, -0.2) is 0 Å². The van der Waals surface area contributed by atoms with Gasteiger partial charge in [0.2, 0.25) is 11.8 Å². The van der Waals surface area contributed by atoms with Gasteiger partial charge in [-0.05, 0) is 55.7 Å². The lowest BCUT2D eigenvalue weighted by Gasteiger charge is -2.25. The molecule has 0 saturated heterocycles. The summed E-state index contributed by atoms with van der Waals surface area (Å²) in [6, 6.07) is 5.78. The summed E-state index contributed by atoms with van der Waals surface area (Å²) in [5, 5.41) is 6.27. The summed E-state index contributed by atoms with van der Waals surface area (Å²) in [6.45, 7) is 0. The first kappa shape index (κ1) is 15.3. The Bertz CT molecular complexity index is 646. The molecule has 122 valence electrons. The second-order valence-corrected chi connectivity index (χ2v) is 8.39. The lowest BCUT2D eigenvalue weighted by atomic mass is 10.1. The van der Waals surface area contributed by atoms with E-state index < -0.39 is 0 Å². The number of benzene rings is 1. The summed E-state index contributed by atoms with van der Waals surface area (Å²) in [5.41, 5.74) is 0.734. The van der Waals surface area contributed by atoms with Crippen molar-refractivity contribution >= 4 is 40.9 Å². The number of nitrogens with one attached hydrogen (secondary N) is 2. The van der Waals surface area contributed by atoms with E-state index in [4.69, 9.17) is 11.6 Å². The van der Waals surface area contributed by atoms with E-state index in [1.807, 2.05) is 6.07 Å². The van der Waals surface area contributed by atoms with Gasteiger partial charge in [0.15, 0.2) is 0 Å². The van der Waals surface area contributed by atoms with Crippen LogP contribution in [0.4, 0.5) is 5.69 Å². The number of fused-ring (bicyclic) bond motifs is 1. The standard InChI is InChI=1S/C17H19ClN2O2S/c18-11-5-6-13-12(7-11)19-17(22)14(23-13)8-15(21)20-16(9-1-2-9)10-3-4-10/h5-7,9-10,14,16H,1-4,8H2,(H,19,22)(H,20,21)/t14-/m1/s1. The molecule has 0 unspecified atom stereocenters. The zero-order chi connectivity index (χ0) is 16.0. The number of rotatable bonds is 5. The Morgan fingerprint density at radius 2 is 2.00 bits per heavy atom. The average Bonchev–Trinajstić information content (AvgIpc) is 3.37. The fourth-order valence-corrected chi connectivity index (χ4v) is 4.46. The molecule has 1 aromatic rings. The van der Waals surface area contributed by atoms with Crippen molar-refractivity contribution in [3.05, 3.63) is 23.2 Å². The van der Waals surface area contributed by atoms with Gasteiger partial charge in [0.1, 0.15) is 0 Å². The van der Waals surface area contributed by atoms with E-state index in [-0.39, 0.29) is 23.5 Å². The Kier molecular flexibility index (Phi) is 4.01. The number of hydrogen-bond donors (Lipinski definition) is 2. The third-order valence-corrected chi connectivity index (χ3v) is 6.23. The first-order chi connectivity index (χ1) is 11.1. The SMILES string of the molecule is O=C(C[C@H]1Sc2ccc(Cl)cc2NC1=O)NC(C1CC1)C1CC1. The smallest absolute Gasteiger partial charge is 0.238 e. The highest BCUT2D eigenvalue weighted by atomic mass is 35.5. The van der Waals surface area contributed by atoms with Crippen LogP contribution in [0.5, 0.6) is 0 Å². The second-order valence-electron chi connectivity index (χ2n) is 6.71. The van der Waals surface area contributed by atoms with Crippen molar-refractivity contribution in [1.82, 2.24) is 5.32 Å². The van der Waals surface area contributed by atoms with Crippen LogP contribution in [0, 0.1) is 11.8 Å². The van der Waals surface area contributed by atoms with Crippen molar-refractivity contribution < 1.29 is 9.59 Å². The molecule has 0 spiro atoms. The monoisotopic (exact) mass is 350 g/mol. The highest BCUT2D eigenvalue weighted by molar-refractivity contribution is 8.01. The lowest BCUT2D eigenvalue weighted by molar-refractivity contribution is -0.124. The molecule has 1 heterocycles. The fraction of sp³-hybridized carbons (Fsp3) is 0.529. The van der Waals surface area contributed by atoms with Crippen LogP contribution in [-0.2, 0) is 9.59 Å². The lowest BCUT2D eigenvalue weighted by Crippen LogP contribution is -2.41. The Morgan fingerprint density at radius 3 is 2.65 bits per heavy atom. The average molecular weight is 351 g/mol. The molecule has 2 aliphatic carbocycles. The number of hydrogen-bond acceptors (Lipinski definition) is 3. The molecule has 23 heavy (non-hydrogen) atoms. The summed E-state index contributed by atoms with van der Waals surface area (Å²) in [4.78, 5) is 25.6. The normalized spacial score (nSPS) is 23.4. The second kappa shape index (κ2) is 6.02. The van der Waals surface area contributed by atoms with E-state index in [1.54, 1.807) is 12.1 Å². The molecule has 1 aliphatic heterocycles. The van der Waals surface area contributed by atoms with Crippen molar-refractivity contribution in [2.75, 3.05) is 5.32 Å². The zero-order valence-electron chi connectivity index (χ0n) is 12.7. The van der Waals surface area contributed by atoms with Crippen molar-refractivity contribution in [3.8, 4) is 0 Å². The maximum absolute atomic E-state index is 12.4. The van der Waals surface area contributed by atoms with Crippen LogP contribution in [-0.4, -0.2) is 23.1 Å². The highest BCUT2D eigenvalue weighted by Crippen LogP contribution is 2.44. The minimum atomic E-state index is -0.372. The van der Waals surface area contributed by atoms with Crippen molar-refractivity contribution in [3.63, 3.8) is 0 Å². The number of anilines is 1. The molecular formula is C17H19ClN2O2S. The molecule has 6 heteroatoms. The van der Waals surface area contributed by atoms with Crippen molar-refractivity contribution in [1.29, 1.82) is 0 Å². The number of carbonyl (C=O) groups is 2. The van der Waals surface area contributed by atoms with Gasteiger partial charge in [-0.2, -0.15) is 0 Å². The van der Waals surface area contributed by atoms with Crippen molar-refractivity contribution in [2.45, 2.75) is 48.3 Å². The maximum Gasteiger partial charge on any atom is 0.238 e. The summed E-state index contributed by atoms with van der Waals surface area (Å²) >= 11 is 7.39.